The number of nitrogens with one attached hydrogen (secondary N) is 1. The van der Waals surface area contributed by atoms with E-state index in [-0.39, 0.29) is 32.1 Å². The zero-order valence-electron chi connectivity index (χ0n) is 15.0. The van der Waals surface area contributed by atoms with Crippen molar-refractivity contribution in [2.75, 3.05) is 36.4 Å². The van der Waals surface area contributed by atoms with Gasteiger partial charge in [-0.2, -0.15) is 13.2 Å². The molecular formula is C19H16ClF3IN3O2. The molecule has 154 valence electrons. The number of anilines is 2. The molecule has 0 spiro atoms. The van der Waals surface area contributed by atoms with Crippen LogP contribution in [0.4, 0.5) is 24.5 Å². The number of carbonyl (C=O) groups excluding carboxylic acids is 2. The van der Waals surface area contributed by atoms with E-state index in [1.165, 1.54) is 0 Å². The number of hydrogen-bond donors (Lipinski definition) is 1. The van der Waals surface area contributed by atoms with Gasteiger partial charge in [0.05, 0.1) is 11.4 Å². The molecule has 0 saturated carbocycles. The van der Waals surface area contributed by atoms with E-state index in [1.54, 1.807) is 36.4 Å². The zero-order chi connectivity index (χ0) is 21.2. The van der Waals surface area contributed by atoms with E-state index in [0.29, 0.717) is 22.0 Å². The normalized spacial score (nSPS) is 14.7. The Hall–Kier alpha value is -2.01. The molecule has 1 aliphatic heterocycles. The first-order valence-corrected chi connectivity index (χ1v) is 10.1. The van der Waals surface area contributed by atoms with Gasteiger partial charge in [0.25, 0.3) is 5.91 Å². The van der Waals surface area contributed by atoms with E-state index in [0.717, 1.165) is 8.47 Å². The Balaban J connectivity index is 1.76. The number of nitrogens with zero attached hydrogens (tertiary/aromatic N) is 2. The fourth-order valence-electron chi connectivity index (χ4n) is 3.04. The highest BCUT2D eigenvalue weighted by Crippen LogP contribution is 2.31. The van der Waals surface area contributed by atoms with Crippen LogP contribution in [0.2, 0.25) is 5.02 Å². The highest BCUT2D eigenvalue weighted by atomic mass is 127. The molecule has 0 unspecified atom stereocenters. The molecule has 0 bridgehead atoms. The lowest BCUT2D eigenvalue weighted by Crippen LogP contribution is -2.52. The van der Waals surface area contributed by atoms with E-state index in [2.05, 4.69) is 27.9 Å². The maximum absolute atomic E-state index is 12.6. The third-order valence-corrected chi connectivity index (χ3v) is 5.35. The average molecular weight is 538 g/mol. The van der Waals surface area contributed by atoms with Gasteiger partial charge in [0.2, 0.25) is 0 Å². The molecular weight excluding hydrogens is 522 g/mol. The van der Waals surface area contributed by atoms with Gasteiger partial charge in [0.15, 0.2) is 0 Å². The first-order valence-electron chi connectivity index (χ1n) is 8.62. The Morgan fingerprint density at radius 2 is 1.72 bits per heavy atom. The molecule has 5 nitrogen and oxygen atoms in total. The standard InChI is InChI=1S/C19H16ClF3IN3O2/c20-13-4-5-16(26-6-8-27(9-7-26)18(29)19(21,22)23)15(11-13)25-17(28)12-2-1-3-14(24)10-12/h1-5,10-11H,6-9H2,(H,25,28). The van der Waals surface area contributed by atoms with Crippen LogP contribution in [0.1, 0.15) is 10.4 Å². The Kier molecular flexibility index (Phi) is 6.57. The van der Waals surface area contributed by atoms with Crippen LogP contribution in [0.25, 0.3) is 0 Å². The molecule has 1 fully saturated rings. The van der Waals surface area contributed by atoms with Gasteiger partial charge >= 0.3 is 12.1 Å². The van der Waals surface area contributed by atoms with Crippen molar-refractivity contribution in [3.63, 3.8) is 0 Å². The van der Waals surface area contributed by atoms with E-state index < -0.39 is 12.1 Å². The molecule has 2 aromatic carbocycles. The topological polar surface area (TPSA) is 52.7 Å². The number of rotatable bonds is 3. The van der Waals surface area contributed by atoms with E-state index in [4.69, 9.17) is 11.6 Å². The van der Waals surface area contributed by atoms with Crippen molar-refractivity contribution in [3.05, 3.63) is 56.6 Å². The summed E-state index contributed by atoms with van der Waals surface area (Å²) in [6, 6.07) is 12.0. The number of hydrogen-bond acceptors (Lipinski definition) is 3. The minimum Gasteiger partial charge on any atom is -0.366 e. The van der Waals surface area contributed by atoms with E-state index in [1.807, 2.05) is 11.0 Å². The third-order valence-electron chi connectivity index (χ3n) is 4.44. The number of carbonyl (C=O) groups is 2. The molecule has 0 aliphatic carbocycles. The highest BCUT2D eigenvalue weighted by molar-refractivity contribution is 14.1. The van der Waals surface area contributed by atoms with Crippen LogP contribution in [0.3, 0.4) is 0 Å². The van der Waals surface area contributed by atoms with Gasteiger partial charge in [-0.1, -0.05) is 17.7 Å². The summed E-state index contributed by atoms with van der Waals surface area (Å²) in [6.07, 6.45) is -4.88. The highest BCUT2D eigenvalue weighted by Gasteiger charge is 2.43. The van der Waals surface area contributed by atoms with E-state index in [9.17, 15) is 22.8 Å². The Bertz CT molecular complexity index is 931. The maximum atomic E-state index is 12.6. The van der Waals surface area contributed by atoms with Crippen molar-refractivity contribution in [1.82, 2.24) is 4.90 Å². The Morgan fingerprint density at radius 3 is 2.34 bits per heavy atom. The van der Waals surface area contributed by atoms with Gasteiger partial charge in [-0.15, -0.1) is 0 Å². The first-order chi connectivity index (χ1) is 13.6. The summed E-state index contributed by atoms with van der Waals surface area (Å²) in [7, 11) is 0. The summed E-state index contributed by atoms with van der Waals surface area (Å²) in [6.45, 7) is 0.279. The largest absolute Gasteiger partial charge is 0.471 e. The second-order valence-electron chi connectivity index (χ2n) is 6.40. The molecule has 1 N–H and O–H groups in total. The maximum Gasteiger partial charge on any atom is 0.471 e. The number of alkyl halides is 3. The second-order valence-corrected chi connectivity index (χ2v) is 8.09. The van der Waals surface area contributed by atoms with Crippen molar-refractivity contribution in [2.45, 2.75) is 6.18 Å². The predicted molar refractivity (Wildman–Crippen MR) is 113 cm³/mol. The summed E-state index contributed by atoms with van der Waals surface area (Å²) in [5.74, 6) is -2.15. The van der Waals surface area contributed by atoms with Gasteiger partial charge in [-0.3, -0.25) is 9.59 Å². The summed E-state index contributed by atoms with van der Waals surface area (Å²) < 4.78 is 38.8. The molecule has 1 aliphatic rings. The smallest absolute Gasteiger partial charge is 0.366 e. The number of benzene rings is 2. The molecule has 2 amide bonds. The lowest BCUT2D eigenvalue weighted by molar-refractivity contribution is -0.185. The number of piperazine rings is 1. The first kappa shape index (κ1) is 21.7. The summed E-state index contributed by atoms with van der Waals surface area (Å²) >= 11 is 8.18. The number of amides is 2. The van der Waals surface area contributed by atoms with Crippen molar-refractivity contribution in [3.8, 4) is 0 Å². The zero-order valence-corrected chi connectivity index (χ0v) is 17.9. The lowest BCUT2D eigenvalue weighted by Gasteiger charge is -2.37. The van der Waals surface area contributed by atoms with Crippen LogP contribution in [0, 0.1) is 3.57 Å². The Labute approximate surface area is 183 Å². The third kappa shape index (κ3) is 5.33. The molecule has 0 radical (unpaired) electrons. The minimum absolute atomic E-state index is 0.0642. The Morgan fingerprint density at radius 1 is 1.03 bits per heavy atom. The van der Waals surface area contributed by atoms with Crippen molar-refractivity contribution in [2.24, 2.45) is 0 Å². The fraction of sp³-hybridized carbons (Fsp3) is 0.263. The quantitative estimate of drug-likeness (QED) is 0.591. The summed E-state index contributed by atoms with van der Waals surface area (Å²) in [5.41, 5.74) is 1.56. The summed E-state index contributed by atoms with van der Waals surface area (Å²) in [4.78, 5) is 26.6. The number of halogens is 5. The molecule has 10 heteroatoms. The van der Waals surface area contributed by atoms with Crippen LogP contribution in [0.15, 0.2) is 42.5 Å². The molecule has 29 heavy (non-hydrogen) atoms. The van der Waals surface area contributed by atoms with Crippen LogP contribution >= 0.6 is 34.2 Å². The fourth-order valence-corrected chi connectivity index (χ4v) is 3.75. The second kappa shape index (κ2) is 8.78. The van der Waals surface area contributed by atoms with Crippen LogP contribution in [-0.4, -0.2) is 49.1 Å². The van der Waals surface area contributed by atoms with Crippen molar-refractivity contribution in [1.29, 1.82) is 0 Å². The van der Waals surface area contributed by atoms with Gasteiger partial charge in [-0.05, 0) is 59.0 Å². The molecule has 1 heterocycles. The minimum atomic E-state index is -4.88. The molecule has 3 rings (SSSR count). The molecule has 2 aromatic rings. The van der Waals surface area contributed by atoms with Gasteiger partial charge in [0, 0.05) is 40.3 Å². The monoisotopic (exact) mass is 537 g/mol. The SMILES string of the molecule is O=C(Nc1cc(Cl)ccc1N1CCN(C(=O)C(F)(F)F)CC1)c1cccc(I)c1. The lowest BCUT2D eigenvalue weighted by atomic mass is 10.1. The molecule has 0 atom stereocenters. The van der Waals surface area contributed by atoms with Crippen LogP contribution in [0.5, 0.6) is 0 Å². The molecule has 1 saturated heterocycles. The average Bonchev–Trinajstić information content (AvgIpc) is 2.67. The van der Waals surface area contributed by atoms with Crippen LogP contribution < -0.4 is 10.2 Å². The van der Waals surface area contributed by atoms with E-state index >= 15 is 0 Å². The van der Waals surface area contributed by atoms with Crippen LogP contribution in [-0.2, 0) is 4.79 Å². The summed E-state index contributed by atoms with van der Waals surface area (Å²) in [5, 5.41) is 3.24. The molecule has 0 aromatic heterocycles. The van der Waals surface area contributed by atoms with Crippen molar-refractivity contribution < 1.29 is 22.8 Å². The van der Waals surface area contributed by atoms with Gasteiger partial charge in [-0.25, -0.2) is 0 Å². The van der Waals surface area contributed by atoms with Crippen molar-refractivity contribution >= 4 is 57.4 Å². The van der Waals surface area contributed by atoms with Gasteiger partial charge < -0.3 is 15.1 Å². The van der Waals surface area contributed by atoms with Gasteiger partial charge in [0.1, 0.15) is 0 Å². The predicted octanol–water partition coefficient (Wildman–Crippen LogP) is 4.41.